The van der Waals surface area contributed by atoms with Crippen molar-refractivity contribution in [2.45, 2.75) is 31.8 Å². The van der Waals surface area contributed by atoms with E-state index in [1.165, 1.54) is 4.88 Å². The Labute approximate surface area is 116 Å². The Hall–Kier alpha value is -1.40. The van der Waals surface area contributed by atoms with Crippen LogP contribution in [0, 0.1) is 0 Å². The average molecular weight is 281 g/mol. The van der Waals surface area contributed by atoms with E-state index in [1.807, 2.05) is 17.5 Å². The minimum atomic E-state index is -0.336. The number of carbonyl (C=O) groups is 2. The molecule has 3 N–H and O–H groups in total. The predicted octanol–water partition coefficient (Wildman–Crippen LogP) is 0.794. The Bertz CT molecular complexity index is 423. The van der Waals surface area contributed by atoms with Crippen LogP contribution in [0.25, 0.3) is 0 Å². The SMILES string of the molecule is CCCC(NC(=O)C1CNC(=O)CN1)c1cccs1. The summed E-state index contributed by atoms with van der Waals surface area (Å²) in [5.41, 5.74) is 0. The fraction of sp³-hybridized carbons (Fsp3) is 0.538. The third-order valence-electron chi connectivity index (χ3n) is 3.11. The van der Waals surface area contributed by atoms with Gasteiger partial charge in [0.05, 0.1) is 12.6 Å². The second-order valence-corrected chi connectivity index (χ2v) is 5.58. The number of nitrogens with one attached hydrogen (secondary N) is 3. The highest BCUT2D eigenvalue weighted by Crippen LogP contribution is 2.23. The van der Waals surface area contributed by atoms with Crippen LogP contribution in [-0.2, 0) is 9.59 Å². The molecule has 2 rings (SSSR count). The number of piperazine rings is 1. The van der Waals surface area contributed by atoms with E-state index in [4.69, 9.17) is 0 Å². The van der Waals surface area contributed by atoms with Crippen molar-refractivity contribution in [1.29, 1.82) is 0 Å². The lowest BCUT2D eigenvalue weighted by Crippen LogP contribution is -2.58. The lowest BCUT2D eigenvalue weighted by Gasteiger charge is -2.25. The summed E-state index contributed by atoms with van der Waals surface area (Å²) in [6.07, 6.45) is 1.93. The minimum Gasteiger partial charge on any atom is -0.353 e. The first-order valence-corrected chi connectivity index (χ1v) is 7.42. The Morgan fingerprint density at radius 1 is 1.63 bits per heavy atom. The molecular formula is C13H19N3O2S. The van der Waals surface area contributed by atoms with Gasteiger partial charge in [0, 0.05) is 11.4 Å². The quantitative estimate of drug-likeness (QED) is 0.747. The van der Waals surface area contributed by atoms with E-state index in [2.05, 4.69) is 22.9 Å². The number of amides is 2. The van der Waals surface area contributed by atoms with Gasteiger partial charge in [0.25, 0.3) is 0 Å². The summed E-state index contributed by atoms with van der Waals surface area (Å²) in [6.45, 7) is 2.66. The summed E-state index contributed by atoms with van der Waals surface area (Å²) in [4.78, 5) is 24.4. The fourth-order valence-corrected chi connectivity index (χ4v) is 2.90. The molecule has 104 valence electrons. The largest absolute Gasteiger partial charge is 0.353 e. The molecule has 1 saturated heterocycles. The van der Waals surface area contributed by atoms with Crippen molar-refractivity contribution < 1.29 is 9.59 Å². The molecule has 1 aliphatic heterocycles. The molecule has 2 amide bonds. The van der Waals surface area contributed by atoms with Crippen molar-refractivity contribution in [3.8, 4) is 0 Å². The number of hydrogen-bond acceptors (Lipinski definition) is 4. The van der Waals surface area contributed by atoms with Crippen LogP contribution in [0.5, 0.6) is 0 Å². The first kappa shape index (κ1) is 14.0. The maximum atomic E-state index is 12.2. The highest BCUT2D eigenvalue weighted by Gasteiger charge is 2.25. The minimum absolute atomic E-state index is 0.0492. The summed E-state index contributed by atoms with van der Waals surface area (Å²) in [6, 6.07) is 3.77. The summed E-state index contributed by atoms with van der Waals surface area (Å²) < 4.78 is 0. The Morgan fingerprint density at radius 3 is 3.05 bits per heavy atom. The van der Waals surface area contributed by atoms with Gasteiger partial charge in [0.2, 0.25) is 11.8 Å². The molecule has 0 saturated carbocycles. The zero-order valence-corrected chi connectivity index (χ0v) is 11.8. The van der Waals surface area contributed by atoms with Crippen molar-refractivity contribution in [1.82, 2.24) is 16.0 Å². The molecule has 2 heterocycles. The number of carbonyl (C=O) groups excluding carboxylic acids is 2. The second-order valence-electron chi connectivity index (χ2n) is 4.60. The van der Waals surface area contributed by atoms with Gasteiger partial charge in [-0.15, -0.1) is 11.3 Å². The molecule has 0 aliphatic carbocycles. The summed E-state index contributed by atoms with van der Waals surface area (Å²) in [7, 11) is 0. The van der Waals surface area contributed by atoms with Crippen molar-refractivity contribution >= 4 is 23.2 Å². The number of rotatable bonds is 5. The molecule has 0 aromatic carbocycles. The van der Waals surface area contributed by atoms with Crippen molar-refractivity contribution in [3.05, 3.63) is 22.4 Å². The molecule has 19 heavy (non-hydrogen) atoms. The van der Waals surface area contributed by atoms with Crippen LogP contribution in [0.1, 0.15) is 30.7 Å². The van der Waals surface area contributed by atoms with Gasteiger partial charge < -0.3 is 10.6 Å². The monoisotopic (exact) mass is 281 g/mol. The molecule has 1 aromatic heterocycles. The molecule has 0 radical (unpaired) electrons. The topological polar surface area (TPSA) is 70.2 Å². The second kappa shape index (κ2) is 6.68. The van der Waals surface area contributed by atoms with E-state index in [1.54, 1.807) is 11.3 Å². The van der Waals surface area contributed by atoms with Crippen LogP contribution in [0.3, 0.4) is 0 Å². The lowest BCUT2D eigenvalue weighted by atomic mass is 10.1. The highest BCUT2D eigenvalue weighted by molar-refractivity contribution is 7.10. The van der Waals surface area contributed by atoms with Gasteiger partial charge >= 0.3 is 0 Å². The Balaban J connectivity index is 1.93. The molecule has 1 aliphatic rings. The van der Waals surface area contributed by atoms with Crippen LogP contribution in [0.4, 0.5) is 0 Å². The van der Waals surface area contributed by atoms with Crippen LogP contribution < -0.4 is 16.0 Å². The zero-order chi connectivity index (χ0) is 13.7. The highest BCUT2D eigenvalue weighted by atomic mass is 32.1. The van der Waals surface area contributed by atoms with Gasteiger partial charge in [-0.05, 0) is 17.9 Å². The third kappa shape index (κ3) is 3.78. The van der Waals surface area contributed by atoms with Crippen LogP contribution in [-0.4, -0.2) is 30.9 Å². The van der Waals surface area contributed by atoms with E-state index in [0.29, 0.717) is 6.54 Å². The summed E-state index contributed by atoms with van der Waals surface area (Å²) in [5, 5.41) is 10.7. The van der Waals surface area contributed by atoms with Crippen molar-refractivity contribution in [2.75, 3.05) is 13.1 Å². The van der Waals surface area contributed by atoms with E-state index in [-0.39, 0.29) is 30.4 Å². The number of hydrogen-bond donors (Lipinski definition) is 3. The average Bonchev–Trinajstić information content (AvgIpc) is 2.92. The third-order valence-corrected chi connectivity index (χ3v) is 4.10. The van der Waals surface area contributed by atoms with E-state index in [9.17, 15) is 9.59 Å². The van der Waals surface area contributed by atoms with E-state index < -0.39 is 0 Å². The van der Waals surface area contributed by atoms with Gasteiger partial charge in [0.1, 0.15) is 6.04 Å². The van der Waals surface area contributed by atoms with Crippen molar-refractivity contribution in [2.24, 2.45) is 0 Å². The maximum absolute atomic E-state index is 12.2. The molecule has 2 unspecified atom stereocenters. The van der Waals surface area contributed by atoms with Gasteiger partial charge in [-0.2, -0.15) is 0 Å². The van der Waals surface area contributed by atoms with Gasteiger partial charge in [-0.3, -0.25) is 14.9 Å². The molecule has 1 aromatic rings. The first-order valence-electron chi connectivity index (χ1n) is 6.54. The molecule has 6 heteroatoms. The van der Waals surface area contributed by atoms with Crippen LogP contribution in [0.15, 0.2) is 17.5 Å². The molecule has 1 fully saturated rings. The normalized spacial score (nSPS) is 20.7. The fourth-order valence-electron chi connectivity index (χ4n) is 2.09. The van der Waals surface area contributed by atoms with Gasteiger partial charge in [-0.25, -0.2) is 0 Å². The lowest BCUT2D eigenvalue weighted by molar-refractivity contribution is -0.127. The predicted molar refractivity (Wildman–Crippen MR) is 74.9 cm³/mol. The Kier molecular flexibility index (Phi) is 4.93. The van der Waals surface area contributed by atoms with Gasteiger partial charge in [-0.1, -0.05) is 19.4 Å². The molecular weight excluding hydrogens is 262 g/mol. The smallest absolute Gasteiger partial charge is 0.239 e. The number of thiophene rings is 1. The first-order chi connectivity index (χ1) is 9.20. The van der Waals surface area contributed by atoms with Crippen LogP contribution in [0.2, 0.25) is 0 Å². The molecule has 2 atom stereocenters. The van der Waals surface area contributed by atoms with Crippen molar-refractivity contribution in [3.63, 3.8) is 0 Å². The maximum Gasteiger partial charge on any atom is 0.239 e. The van der Waals surface area contributed by atoms with Gasteiger partial charge in [0.15, 0.2) is 0 Å². The van der Waals surface area contributed by atoms with Crippen LogP contribution >= 0.6 is 11.3 Å². The zero-order valence-electron chi connectivity index (χ0n) is 10.9. The summed E-state index contributed by atoms with van der Waals surface area (Å²) in [5.74, 6) is -0.112. The molecule has 0 spiro atoms. The standard InChI is InChI=1S/C13H19N3O2S/c1-2-4-9(11-5-3-6-19-11)16-13(18)10-7-15-12(17)8-14-10/h3,5-6,9-10,14H,2,4,7-8H2,1H3,(H,15,17)(H,16,18). The molecule has 5 nitrogen and oxygen atoms in total. The summed E-state index contributed by atoms with van der Waals surface area (Å²) >= 11 is 1.66. The Morgan fingerprint density at radius 2 is 2.47 bits per heavy atom. The molecule has 0 bridgehead atoms. The van der Waals surface area contributed by atoms with E-state index >= 15 is 0 Å². The van der Waals surface area contributed by atoms with E-state index in [0.717, 1.165) is 12.8 Å².